The average Bonchev–Trinajstić information content (AvgIpc) is 2.52. The van der Waals surface area contributed by atoms with Crippen molar-refractivity contribution in [3.63, 3.8) is 0 Å². The number of carbonyl (C=O) groups is 1. The van der Waals surface area contributed by atoms with E-state index in [1.165, 1.54) is 6.92 Å². The van der Waals surface area contributed by atoms with Gasteiger partial charge in [0.05, 0.1) is 12.4 Å². The van der Waals surface area contributed by atoms with Crippen LogP contribution in [0.5, 0.6) is 5.75 Å². The van der Waals surface area contributed by atoms with Crippen molar-refractivity contribution in [2.45, 2.75) is 57.1 Å². The van der Waals surface area contributed by atoms with Crippen LogP contribution in [-0.2, 0) is 21.1 Å². The van der Waals surface area contributed by atoms with Crippen molar-refractivity contribution in [2.75, 3.05) is 7.11 Å². The van der Waals surface area contributed by atoms with E-state index in [2.05, 4.69) is 5.32 Å². The summed E-state index contributed by atoms with van der Waals surface area (Å²) >= 11 is 0. The van der Waals surface area contributed by atoms with Gasteiger partial charge >= 0.3 is 0 Å². The number of methoxy groups -OCH3 is 1. The number of nitrogens with one attached hydrogen (secondary N) is 1. The molecule has 0 saturated heterocycles. The zero-order valence-electron chi connectivity index (χ0n) is 14.5. The maximum Gasteiger partial charge on any atom is 0.238 e. The lowest BCUT2D eigenvalue weighted by molar-refractivity contribution is -0.121. The van der Waals surface area contributed by atoms with Gasteiger partial charge in [-0.05, 0) is 58.2 Å². The van der Waals surface area contributed by atoms with Crippen molar-refractivity contribution in [1.29, 1.82) is 0 Å². The van der Waals surface area contributed by atoms with Gasteiger partial charge in [0.2, 0.25) is 5.91 Å². The first kappa shape index (κ1) is 19.5. The van der Waals surface area contributed by atoms with Crippen LogP contribution in [0.3, 0.4) is 0 Å². The van der Waals surface area contributed by atoms with Crippen molar-refractivity contribution in [3.05, 3.63) is 29.8 Å². The summed E-state index contributed by atoms with van der Waals surface area (Å²) in [6.45, 7) is 6.51. The van der Waals surface area contributed by atoms with Crippen LogP contribution >= 0.6 is 0 Å². The molecule has 0 aliphatic rings. The first-order chi connectivity index (χ1) is 10.7. The molecule has 0 saturated carbocycles. The minimum Gasteiger partial charge on any atom is -0.497 e. The summed E-state index contributed by atoms with van der Waals surface area (Å²) < 4.78 is 29.2. The molecule has 0 fully saturated rings. The zero-order chi connectivity index (χ0) is 17.6. The van der Waals surface area contributed by atoms with Gasteiger partial charge in [-0.1, -0.05) is 12.1 Å². The molecule has 1 rings (SSSR count). The fourth-order valence-corrected chi connectivity index (χ4v) is 3.35. The molecule has 2 atom stereocenters. The van der Waals surface area contributed by atoms with E-state index in [1.807, 2.05) is 31.2 Å². The van der Waals surface area contributed by atoms with E-state index in [9.17, 15) is 13.2 Å². The number of carbonyl (C=O) groups excluding carboxylic acids is 1. The van der Waals surface area contributed by atoms with E-state index in [4.69, 9.17) is 4.74 Å². The first-order valence-electron chi connectivity index (χ1n) is 7.84. The van der Waals surface area contributed by atoms with E-state index in [-0.39, 0.29) is 6.04 Å². The van der Waals surface area contributed by atoms with E-state index < -0.39 is 26.2 Å². The molecule has 1 aromatic rings. The normalized spacial score (nSPS) is 14.3. The van der Waals surface area contributed by atoms with Gasteiger partial charge in [0.25, 0.3) is 0 Å². The van der Waals surface area contributed by atoms with Crippen LogP contribution in [0.1, 0.15) is 39.7 Å². The minimum atomic E-state index is -3.42. The summed E-state index contributed by atoms with van der Waals surface area (Å²) in [7, 11) is -1.80. The second-order valence-electron chi connectivity index (χ2n) is 6.08. The molecule has 0 radical (unpaired) electrons. The highest BCUT2D eigenvalue weighted by Crippen LogP contribution is 2.14. The Morgan fingerprint density at radius 3 is 2.17 bits per heavy atom. The lowest BCUT2D eigenvalue weighted by Gasteiger charge is -2.19. The number of sulfone groups is 1. The summed E-state index contributed by atoms with van der Waals surface area (Å²) in [6.07, 6.45) is 1.54. The van der Waals surface area contributed by atoms with Crippen LogP contribution in [0.25, 0.3) is 0 Å². The van der Waals surface area contributed by atoms with Gasteiger partial charge in [-0.2, -0.15) is 0 Å². The molecule has 130 valence electrons. The van der Waals surface area contributed by atoms with Crippen molar-refractivity contribution < 1.29 is 17.9 Å². The fourth-order valence-electron chi connectivity index (χ4n) is 2.17. The molecule has 6 heteroatoms. The third-order valence-electron chi connectivity index (χ3n) is 3.93. The van der Waals surface area contributed by atoms with Crippen LogP contribution in [0.4, 0.5) is 0 Å². The maximum atomic E-state index is 12.1. The predicted octanol–water partition coefficient (Wildman–Crippen LogP) is 2.34. The lowest BCUT2D eigenvalue weighted by Crippen LogP contribution is -2.44. The third kappa shape index (κ3) is 5.53. The molecule has 0 aliphatic heterocycles. The van der Waals surface area contributed by atoms with Gasteiger partial charge in [-0.15, -0.1) is 0 Å². The molecule has 0 aromatic heterocycles. The summed E-state index contributed by atoms with van der Waals surface area (Å²) in [5.41, 5.74) is 1.15. The Hall–Kier alpha value is -1.56. The molecule has 0 spiro atoms. The van der Waals surface area contributed by atoms with Crippen LogP contribution in [0.15, 0.2) is 24.3 Å². The van der Waals surface area contributed by atoms with Gasteiger partial charge in [0, 0.05) is 6.04 Å². The third-order valence-corrected chi connectivity index (χ3v) is 6.45. The van der Waals surface area contributed by atoms with Gasteiger partial charge in [-0.3, -0.25) is 4.79 Å². The quantitative estimate of drug-likeness (QED) is 0.788. The second-order valence-corrected chi connectivity index (χ2v) is 8.90. The number of hydrogen-bond donors (Lipinski definition) is 1. The van der Waals surface area contributed by atoms with E-state index in [0.717, 1.165) is 24.2 Å². The highest BCUT2D eigenvalue weighted by atomic mass is 32.2. The number of amides is 1. The molecule has 2 unspecified atom stereocenters. The Morgan fingerprint density at radius 1 is 1.13 bits per heavy atom. The Labute approximate surface area is 139 Å². The van der Waals surface area contributed by atoms with Gasteiger partial charge in [0.15, 0.2) is 9.84 Å². The van der Waals surface area contributed by atoms with Crippen LogP contribution < -0.4 is 10.1 Å². The first-order valence-corrected chi connectivity index (χ1v) is 9.45. The smallest absolute Gasteiger partial charge is 0.238 e. The fraction of sp³-hybridized carbons (Fsp3) is 0.588. The lowest BCUT2D eigenvalue weighted by atomic mass is 10.1. The largest absolute Gasteiger partial charge is 0.497 e. The van der Waals surface area contributed by atoms with E-state index in [0.29, 0.717) is 0 Å². The molecule has 1 amide bonds. The van der Waals surface area contributed by atoms with Crippen molar-refractivity contribution in [2.24, 2.45) is 0 Å². The van der Waals surface area contributed by atoms with Crippen molar-refractivity contribution >= 4 is 15.7 Å². The van der Waals surface area contributed by atoms with Crippen LogP contribution in [0, 0.1) is 0 Å². The van der Waals surface area contributed by atoms with Gasteiger partial charge < -0.3 is 10.1 Å². The van der Waals surface area contributed by atoms with E-state index >= 15 is 0 Å². The number of hydrogen-bond acceptors (Lipinski definition) is 4. The number of aryl methyl sites for hydroxylation is 1. The van der Waals surface area contributed by atoms with Gasteiger partial charge in [-0.25, -0.2) is 8.42 Å². The topological polar surface area (TPSA) is 72.5 Å². The molecular formula is C17H27NO4S. The average molecular weight is 341 g/mol. The zero-order valence-corrected chi connectivity index (χ0v) is 15.3. The Bertz CT molecular complexity index is 608. The number of rotatable bonds is 8. The standard InChI is InChI=1S/C17H27NO4S/c1-12(2)23(20,21)14(4)17(19)18-13(3)6-7-15-8-10-16(22-5)11-9-15/h8-14H,6-7H2,1-5H3,(H,18,19). The highest BCUT2D eigenvalue weighted by molar-refractivity contribution is 7.93. The SMILES string of the molecule is COc1ccc(CCC(C)NC(=O)C(C)S(=O)(=O)C(C)C)cc1. The Balaban J connectivity index is 2.52. The monoisotopic (exact) mass is 341 g/mol. The summed E-state index contributed by atoms with van der Waals surface area (Å²) in [6, 6.07) is 7.68. The number of benzene rings is 1. The van der Waals surface area contributed by atoms with Crippen LogP contribution in [0.2, 0.25) is 0 Å². The predicted molar refractivity (Wildman–Crippen MR) is 92.4 cm³/mol. The second kappa shape index (κ2) is 8.34. The Morgan fingerprint density at radius 2 is 1.70 bits per heavy atom. The van der Waals surface area contributed by atoms with E-state index in [1.54, 1.807) is 21.0 Å². The molecule has 5 nitrogen and oxygen atoms in total. The van der Waals surface area contributed by atoms with Gasteiger partial charge in [0.1, 0.15) is 11.0 Å². The molecule has 1 N–H and O–H groups in total. The minimum absolute atomic E-state index is 0.0885. The van der Waals surface area contributed by atoms with Crippen molar-refractivity contribution in [1.82, 2.24) is 5.32 Å². The number of ether oxygens (including phenoxy) is 1. The summed E-state index contributed by atoms with van der Waals surface area (Å²) in [4.78, 5) is 12.1. The Kier molecular flexibility index (Phi) is 7.06. The van der Waals surface area contributed by atoms with Crippen molar-refractivity contribution in [3.8, 4) is 5.75 Å². The molecule has 0 heterocycles. The summed E-state index contributed by atoms with van der Waals surface area (Å²) in [5, 5.41) is 1.21. The summed E-state index contributed by atoms with van der Waals surface area (Å²) in [5.74, 6) is 0.378. The highest BCUT2D eigenvalue weighted by Gasteiger charge is 2.31. The molecule has 23 heavy (non-hydrogen) atoms. The molecule has 0 bridgehead atoms. The molecule has 1 aromatic carbocycles. The van der Waals surface area contributed by atoms with Crippen LogP contribution in [-0.4, -0.2) is 38.0 Å². The molecule has 0 aliphatic carbocycles. The molecular weight excluding hydrogens is 314 g/mol. The maximum absolute atomic E-state index is 12.1.